The zero-order valence-electron chi connectivity index (χ0n) is 9.05. The predicted octanol–water partition coefficient (Wildman–Crippen LogP) is 1.21. The van der Waals surface area contributed by atoms with Crippen molar-refractivity contribution in [1.82, 2.24) is 5.32 Å². The van der Waals surface area contributed by atoms with Crippen molar-refractivity contribution in [3.8, 4) is 11.8 Å². The molecule has 0 aliphatic carbocycles. The molecule has 1 saturated heterocycles. The Morgan fingerprint density at radius 1 is 1.59 bits per heavy atom. The van der Waals surface area contributed by atoms with Gasteiger partial charge in [0.2, 0.25) is 0 Å². The number of rotatable bonds is 3. The predicted molar refractivity (Wildman–Crippen MR) is 59.7 cm³/mol. The molecule has 0 bridgehead atoms. The van der Waals surface area contributed by atoms with Gasteiger partial charge in [-0.25, -0.2) is 0 Å². The van der Waals surface area contributed by atoms with Crippen molar-refractivity contribution in [3.63, 3.8) is 0 Å². The van der Waals surface area contributed by atoms with Crippen LogP contribution in [-0.4, -0.2) is 24.1 Å². The second-order valence-corrected chi connectivity index (χ2v) is 3.78. The largest absolute Gasteiger partial charge is 0.488 e. The normalized spacial score (nSPS) is 18.6. The Kier molecular flexibility index (Phi) is 3.21. The van der Waals surface area contributed by atoms with Crippen LogP contribution in [0.3, 0.4) is 0 Å². The summed E-state index contributed by atoms with van der Waals surface area (Å²) in [5.41, 5.74) is 0.101. The lowest BCUT2D eigenvalue weighted by molar-refractivity contribution is -0.384. The molecule has 2 rings (SSSR count). The van der Waals surface area contributed by atoms with Crippen molar-refractivity contribution in [2.45, 2.75) is 12.5 Å². The average Bonchev–Trinajstić information content (AvgIpc) is 2.82. The van der Waals surface area contributed by atoms with E-state index in [1.54, 1.807) is 0 Å². The van der Waals surface area contributed by atoms with Crippen molar-refractivity contribution in [2.24, 2.45) is 0 Å². The van der Waals surface area contributed by atoms with Gasteiger partial charge >= 0.3 is 0 Å². The fraction of sp³-hybridized carbons (Fsp3) is 0.364. The van der Waals surface area contributed by atoms with Gasteiger partial charge in [-0.1, -0.05) is 0 Å². The van der Waals surface area contributed by atoms with Gasteiger partial charge in [-0.2, -0.15) is 5.26 Å². The Morgan fingerprint density at radius 2 is 2.41 bits per heavy atom. The van der Waals surface area contributed by atoms with Crippen molar-refractivity contribution in [1.29, 1.82) is 5.26 Å². The Hall–Kier alpha value is -2.13. The maximum atomic E-state index is 10.6. The summed E-state index contributed by atoms with van der Waals surface area (Å²) in [6.07, 6.45) is 0.908. The third-order valence-electron chi connectivity index (χ3n) is 2.60. The Balaban J connectivity index is 2.22. The Labute approximate surface area is 98.0 Å². The monoisotopic (exact) mass is 233 g/mol. The quantitative estimate of drug-likeness (QED) is 0.626. The summed E-state index contributed by atoms with van der Waals surface area (Å²) < 4.78 is 5.62. The first kappa shape index (κ1) is 11.4. The number of nitro groups is 1. The minimum Gasteiger partial charge on any atom is -0.488 e. The number of nitrogens with one attached hydrogen (secondary N) is 1. The van der Waals surface area contributed by atoms with E-state index >= 15 is 0 Å². The van der Waals surface area contributed by atoms with Crippen LogP contribution in [0.1, 0.15) is 12.0 Å². The van der Waals surface area contributed by atoms with Crippen molar-refractivity contribution < 1.29 is 9.66 Å². The number of ether oxygens (including phenoxy) is 1. The number of nitriles is 1. The SMILES string of the molecule is N#Cc1cc([N+](=O)[O-])ccc1OC1CCNC1. The van der Waals surface area contributed by atoms with Crippen LogP contribution in [0.15, 0.2) is 18.2 Å². The number of nitrogens with zero attached hydrogens (tertiary/aromatic N) is 2. The third-order valence-corrected chi connectivity index (χ3v) is 2.60. The van der Waals surface area contributed by atoms with Crippen LogP contribution < -0.4 is 10.1 Å². The van der Waals surface area contributed by atoms with Gasteiger partial charge in [0.15, 0.2) is 0 Å². The summed E-state index contributed by atoms with van der Waals surface area (Å²) in [6.45, 7) is 1.63. The van der Waals surface area contributed by atoms with Crippen molar-refractivity contribution in [2.75, 3.05) is 13.1 Å². The second kappa shape index (κ2) is 4.80. The van der Waals surface area contributed by atoms with Crippen LogP contribution in [0.4, 0.5) is 5.69 Å². The summed E-state index contributed by atoms with van der Waals surface area (Å²) in [4.78, 5) is 10.0. The van der Waals surface area contributed by atoms with Gasteiger partial charge in [-0.15, -0.1) is 0 Å². The van der Waals surface area contributed by atoms with E-state index in [2.05, 4.69) is 5.32 Å². The number of hydrogen-bond acceptors (Lipinski definition) is 5. The van der Waals surface area contributed by atoms with Crippen molar-refractivity contribution >= 4 is 5.69 Å². The highest BCUT2D eigenvalue weighted by atomic mass is 16.6. The van der Waals surface area contributed by atoms with E-state index in [1.165, 1.54) is 18.2 Å². The summed E-state index contributed by atoms with van der Waals surface area (Å²) in [6, 6.07) is 5.98. The van der Waals surface area contributed by atoms with Gasteiger partial charge in [-0.3, -0.25) is 10.1 Å². The molecule has 1 N–H and O–H groups in total. The van der Waals surface area contributed by atoms with E-state index in [1.807, 2.05) is 6.07 Å². The number of hydrogen-bond donors (Lipinski definition) is 1. The van der Waals surface area contributed by atoms with E-state index in [0.29, 0.717) is 5.75 Å². The van der Waals surface area contributed by atoms with Crippen LogP contribution >= 0.6 is 0 Å². The van der Waals surface area contributed by atoms with Crippen LogP contribution in [-0.2, 0) is 0 Å². The number of non-ortho nitro benzene ring substituents is 1. The average molecular weight is 233 g/mol. The molecular weight excluding hydrogens is 222 g/mol. The van der Waals surface area contributed by atoms with E-state index in [-0.39, 0.29) is 17.4 Å². The molecule has 1 aliphatic rings. The van der Waals surface area contributed by atoms with Crippen LogP contribution in [0.5, 0.6) is 5.75 Å². The molecule has 0 spiro atoms. The number of nitro benzene ring substituents is 1. The number of benzene rings is 1. The van der Waals surface area contributed by atoms with Crippen LogP contribution in [0.2, 0.25) is 0 Å². The van der Waals surface area contributed by atoms with E-state index < -0.39 is 4.92 Å². The molecule has 1 fully saturated rings. The summed E-state index contributed by atoms with van der Waals surface area (Å²) >= 11 is 0. The highest BCUT2D eigenvalue weighted by Crippen LogP contribution is 2.25. The molecular formula is C11H11N3O3. The van der Waals surface area contributed by atoms with E-state index in [9.17, 15) is 10.1 Å². The Morgan fingerprint density at radius 3 is 3.00 bits per heavy atom. The molecule has 6 nitrogen and oxygen atoms in total. The molecule has 1 heterocycles. The fourth-order valence-corrected chi connectivity index (χ4v) is 1.73. The molecule has 17 heavy (non-hydrogen) atoms. The zero-order valence-corrected chi connectivity index (χ0v) is 9.05. The zero-order chi connectivity index (χ0) is 12.3. The van der Waals surface area contributed by atoms with Gasteiger partial charge < -0.3 is 10.1 Å². The molecule has 0 aromatic heterocycles. The molecule has 1 aromatic rings. The van der Waals surface area contributed by atoms with Crippen LogP contribution in [0, 0.1) is 21.4 Å². The topological polar surface area (TPSA) is 88.2 Å². The fourth-order valence-electron chi connectivity index (χ4n) is 1.73. The highest BCUT2D eigenvalue weighted by Gasteiger charge is 2.19. The molecule has 6 heteroatoms. The lowest BCUT2D eigenvalue weighted by Gasteiger charge is -2.13. The smallest absolute Gasteiger partial charge is 0.271 e. The molecule has 1 unspecified atom stereocenters. The molecule has 0 saturated carbocycles. The van der Waals surface area contributed by atoms with Crippen molar-refractivity contribution in [3.05, 3.63) is 33.9 Å². The summed E-state index contributed by atoms with van der Waals surface area (Å²) in [5, 5.41) is 22.6. The molecule has 1 aromatic carbocycles. The minimum atomic E-state index is -0.526. The standard InChI is InChI=1S/C11H11N3O3/c12-6-8-5-9(14(15)16)1-2-11(8)17-10-3-4-13-7-10/h1-2,5,10,13H,3-4,7H2. The highest BCUT2D eigenvalue weighted by molar-refractivity contribution is 5.50. The minimum absolute atomic E-state index is 0.0311. The first-order valence-electron chi connectivity index (χ1n) is 5.26. The molecule has 1 aliphatic heterocycles. The first-order valence-corrected chi connectivity index (χ1v) is 5.26. The molecule has 1 atom stereocenters. The van der Waals surface area contributed by atoms with Gasteiger partial charge in [0.1, 0.15) is 23.5 Å². The van der Waals surface area contributed by atoms with Gasteiger partial charge in [0.25, 0.3) is 5.69 Å². The van der Waals surface area contributed by atoms with Gasteiger partial charge in [0, 0.05) is 18.7 Å². The molecule has 88 valence electrons. The van der Waals surface area contributed by atoms with Gasteiger partial charge in [-0.05, 0) is 19.0 Å². The Bertz CT molecular complexity index is 475. The van der Waals surface area contributed by atoms with Gasteiger partial charge in [0.05, 0.1) is 4.92 Å². The maximum Gasteiger partial charge on any atom is 0.271 e. The lowest BCUT2D eigenvalue weighted by Crippen LogP contribution is -2.20. The second-order valence-electron chi connectivity index (χ2n) is 3.78. The molecule has 0 radical (unpaired) electrons. The van der Waals surface area contributed by atoms with Crippen LogP contribution in [0.25, 0.3) is 0 Å². The summed E-state index contributed by atoms with van der Waals surface area (Å²) in [5.74, 6) is 0.409. The van der Waals surface area contributed by atoms with E-state index in [0.717, 1.165) is 19.5 Å². The maximum absolute atomic E-state index is 10.6. The first-order chi connectivity index (χ1) is 8.20. The third kappa shape index (κ3) is 2.52. The molecule has 0 amide bonds. The lowest BCUT2D eigenvalue weighted by atomic mass is 10.2. The summed E-state index contributed by atoms with van der Waals surface area (Å²) in [7, 11) is 0. The van der Waals surface area contributed by atoms with E-state index in [4.69, 9.17) is 10.00 Å².